The average molecular weight is 289 g/mol. The molecule has 20 heavy (non-hydrogen) atoms. The predicted octanol–water partition coefficient (Wildman–Crippen LogP) is 3.79. The molecule has 4 heteroatoms. The van der Waals surface area contributed by atoms with Crippen molar-refractivity contribution in [3.05, 3.63) is 64.9 Å². The van der Waals surface area contributed by atoms with E-state index in [1.807, 2.05) is 49.1 Å². The molecule has 0 aliphatic rings. The van der Waals surface area contributed by atoms with Crippen LogP contribution in [0.5, 0.6) is 0 Å². The molecule has 2 aromatic rings. The summed E-state index contributed by atoms with van der Waals surface area (Å²) in [6.45, 7) is 4.59. The minimum Gasteiger partial charge on any atom is -0.332 e. The maximum Gasteiger partial charge on any atom is 0.254 e. The molecule has 2 rings (SSSR count). The fraction of sp³-hybridized carbons (Fsp3) is 0.250. The van der Waals surface area contributed by atoms with E-state index in [2.05, 4.69) is 4.98 Å². The van der Waals surface area contributed by atoms with E-state index in [1.165, 1.54) is 0 Å². The van der Waals surface area contributed by atoms with Gasteiger partial charge in [0, 0.05) is 24.3 Å². The average Bonchev–Trinajstić information content (AvgIpc) is 2.45. The lowest BCUT2D eigenvalue weighted by Crippen LogP contribution is -2.36. The molecule has 0 saturated carbocycles. The molecule has 0 aliphatic heterocycles. The smallest absolute Gasteiger partial charge is 0.254 e. The topological polar surface area (TPSA) is 33.2 Å². The van der Waals surface area contributed by atoms with Crippen molar-refractivity contribution in [2.45, 2.75) is 26.4 Å². The van der Waals surface area contributed by atoms with E-state index in [-0.39, 0.29) is 11.9 Å². The van der Waals surface area contributed by atoms with Crippen molar-refractivity contribution < 1.29 is 4.79 Å². The molecule has 1 aromatic heterocycles. The molecule has 1 aromatic carbocycles. The Kier molecular flexibility index (Phi) is 4.74. The molecule has 0 bridgehead atoms. The number of aromatic nitrogens is 1. The first-order chi connectivity index (χ1) is 9.58. The van der Waals surface area contributed by atoms with Gasteiger partial charge in [-0.2, -0.15) is 0 Å². The molecule has 0 unspecified atom stereocenters. The van der Waals surface area contributed by atoms with Crippen molar-refractivity contribution >= 4 is 17.5 Å². The van der Waals surface area contributed by atoms with Gasteiger partial charge in [-0.25, -0.2) is 4.98 Å². The number of benzene rings is 1. The number of amides is 1. The number of carbonyl (C=O) groups is 1. The number of carbonyl (C=O) groups excluding carboxylic acids is 1. The Hall–Kier alpha value is -1.87. The van der Waals surface area contributed by atoms with Crippen LogP contribution in [0.2, 0.25) is 5.15 Å². The third-order valence-corrected chi connectivity index (χ3v) is 3.26. The van der Waals surface area contributed by atoms with E-state index < -0.39 is 0 Å². The standard InChI is InChI=1S/C16H17ClN2O/c1-12(2)19(11-13-6-4-3-5-7-13)16(20)14-8-9-18-15(17)10-14/h3-10,12H,11H2,1-2H3. The van der Waals surface area contributed by atoms with Gasteiger partial charge in [0.15, 0.2) is 0 Å². The maximum absolute atomic E-state index is 12.6. The summed E-state index contributed by atoms with van der Waals surface area (Å²) in [7, 11) is 0. The number of nitrogens with zero attached hydrogens (tertiary/aromatic N) is 2. The summed E-state index contributed by atoms with van der Waals surface area (Å²) < 4.78 is 0. The summed E-state index contributed by atoms with van der Waals surface area (Å²) in [4.78, 5) is 18.3. The van der Waals surface area contributed by atoms with Crippen LogP contribution in [0.1, 0.15) is 29.8 Å². The van der Waals surface area contributed by atoms with Crippen molar-refractivity contribution in [3.63, 3.8) is 0 Å². The summed E-state index contributed by atoms with van der Waals surface area (Å²) in [5.74, 6) is -0.0341. The quantitative estimate of drug-likeness (QED) is 0.802. The van der Waals surface area contributed by atoms with Crippen LogP contribution in [0.15, 0.2) is 48.7 Å². The normalized spacial score (nSPS) is 10.6. The van der Waals surface area contributed by atoms with Crippen LogP contribution in [0, 0.1) is 0 Å². The summed E-state index contributed by atoms with van der Waals surface area (Å²) >= 11 is 5.85. The highest BCUT2D eigenvalue weighted by Gasteiger charge is 2.19. The summed E-state index contributed by atoms with van der Waals surface area (Å²) in [5, 5.41) is 0.333. The third kappa shape index (κ3) is 3.58. The van der Waals surface area contributed by atoms with E-state index in [9.17, 15) is 4.79 Å². The molecule has 1 heterocycles. The van der Waals surface area contributed by atoms with Crippen LogP contribution in [0.4, 0.5) is 0 Å². The highest BCUT2D eigenvalue weighted by atomic mass is 35.5. The fourth-order valence-electron chi connectivity index (χ4n) is 1.97. The Morgan fingerprint density at radius 2 is 1.95 bits per heavy atom. The number of pyridine rings is 1. The number of hydrogen-bond acceptors (Lipinski definition) is 2. The van der Waals surface area contributed by atoms with Crippen molar-refractivity contribution in [1.82, 2.24) is 9.88 Å². The lowest BCUT2D eigenvalue weighted by molar-refractivity contribution is 0.0690. The molecular weight excluding hydrogens is 272 g/mol. The largest absolute Gasteiger partial charge is 0.332 e. The fourth-order valence-corrected chi connectivity index (χ4v) is 2.14. The van der Waals surface area contributed by atoms with E-state index in [4.69, 9.17) is 11.6 Å². The van der Waals surface area contributed by atoms with Gasteiger partial charge in [0.05, 0.1) is 0 Å². The first kappa shape index (κ1) is 14.5. The second-order valence-corrected chi connectivity index (χ2v) is 5.27. The minimum absolute atomic E-state index is 0.0341. The molecular formula is C16H17ClN2O. The maximum atomic E-state index is 12.6. The van der Waals surface area contributed by atoms with E-state index >= 15 is 0 Å². The molecule has 104 valence electrons. The SMILES string of the molecule is CC(C)N(Cc1ccccc1)C(=O)c1ccnc(Cl)c1. The van der Waals surface area contributed by atoms with E-state index in [0.717, 1.165) is 5.56 Å². The zero-order chi connectivity index (χ0) is 14.5. The number of halogens is 1. The van der Waals surface area contributed by atoms with E-state index in [1.54, 1.807) is 18.3 Å². The van der Waals surface area contributed by atoms with Gasteiger partial charge >= 0.3 is 0 Å². The molecule has 0 saturated heterocycles. The van der Waals surface area contributed by atoms with Gasteiger partial charge in [0.2, 0.25) is 0 Å². The van der Waals surface area contributed by atoms with E-state index in [0.29, 0.717) is 17.3 Å². The molecule has 0 radical (unpaired) electrons. The monoisotopic (exact) mass is 288 g/mol. The first-order valence-electron chi connectivity index (χ1n) is 6.54. The molecule has 3 nitrogen and oxygen atoms in total. The second kappa shape index (κ2) is 6.53. The molecule has 0 spiro atoms. The highest BCUT2D eigenvalue weighted by Crippen LogP contribution is 2.15. The van der Waals surface area contributed by atoms with Crippen molar-refractivity contribution in [3.8, 4) is 0 Å². The zero-order valence-corrected chi connectivity index (χ0v) is 12.3. The van der Waals surface area contributed by atoms with Crippen LogP contribution in [0.3, 0.4) is 0 Å². The van der Waals surface area contributed by atoms with Crippen molar-refractivity contribution in [2.75, 3.05) is 0 Å². The Balaban J connectivity index is 2.23. The Labute approximate surface area is 124 Å². The molecule has 0 aliphatic carbocycles. The van der Waals surface area contributed by atoms with Crippen LogP contribution in [-0.4, -0.2) is 21.8 Å². The lowest BCUT2D eigenvalue weighted by Gasteiger charge is -2.27. The molecule has 0 N–H and O–H groups in total. The van der Waals surface area contributed by atoms with Crippen LogP contribution < -0.4 is 0 Å². The van der Waals surface area contributed by atoms with Gasteiger partial charge in [0.25, 0.3) is 5.91 Å². The van der Waals surface area contributed by atoms with Gasteiger partial charge in [0.1, 0.15) is 5.15 Å². The predicted molar refractivity (Wildman–Crippen MR) is 80.7 cm³/mol. The Bertz CT molecular complexity index is 584. The Morgan fingerprint density at radius 3 is 2.55 bits per heavy atom. The second-order valence-electron chi connectivity index (χ2n) is 4.88. The van der Waals surface area contributed by atoms with Gasteiger partial charge in [-0.3, -0.25) is 4.79 Å². The van der Waals surface area contributed by atoms with Gasteiger partial charge in [-0.15, -0.1) is 0 Å². The van der Waals surface area contributed by atoms with Gasteiger partial charge in [-0.1, -0.05) is 41.9 Å². The van der Waals surface area contributed by atoms with Crippen LogP contribution in [-0.2, 0) is 6.54 Å². The molecule has 0 atom stereocenters. The van der Waals surface area contributed by atoms with Crippen molar-refractivity contribution in [2.24, 2.45) is 0 Å². The minimum atomic E-state index is -0.0341. The van der Waals surface area contributed by atoms with Crippen LogP contribution >= 0.6 is 11.6 Å². The Morgan fingerprint density at radius 1 is 1.25 bits per heavy atom. The van der Waals surface area contributed by atoms with Crippen molar-refractivity contribution in [1.29, 1.82) is 0 Å². The van der Waals surface area contributed by atoms with Gasteiger partial charge < -0.3 is 4.90 Å². The van der Waals surface area contributed by atoms with Gasteiger partial charge in [-0.05, 0) is 31.5 Å². The zero-order valence-electron chi connectivity index (χ0n) is 11.6. The molecule has 1 amide bonds. The summed E-state index contributed by atoms with van der Waals surface area (Å²) in [5.41, 5.74) is 1.67. The van der Waals surface area contributed by atoms with Crippen LogP contribution in [0.25, 0.3) is 0 Å². The first-order valence-corrected chi connectivity index (χ1v) is 6.92. The summed E-state index contributed by atoms with van der Waals surface area (Å²) in [6.07, 6.45) is 1.55. The summed E-state index contributed by atoms with van der Waals surface area (Å²) in [6, 6.07) is 13.3. The number of rotatable bonds is 4. The lowest BCUT2D eigenvalue weighted by atomic mass is 10.1. The molecule has 0 fully saturated rings. The highest BCUT2D eigenvalue weighted by molar-refractivity contribution is 6.29. The number of hydrogen-bond donors (Lipinski definition) is 0. The third-order valence-electron chi connectivity index (χ3n) is 3.05.